The monoisotopic (exact) mass is 360 g/mol. The molecule has 1 aliphatic heterocycles. The second-order valence-corrected chi connectivity index (χ2v) is 6.13. The summed E-state index contributed by atoms with van der Waals surface area (Å²) in [6.07, 6.45) is 1.57. The van der Waals surface area contributed by atoms with E-state index < -0.39 is 0 Å². The molecule has 0 aliphatic carbocycles. The van der Waals surface area contributed by atoms with Crippen LogP contribution in [0.15, 0.2) is 22.7 Å². The Labute approximate surface area is 152 Å². The Morgan fingerprint density at radius 3 is 2.92 bits per heavy atom. The molecule has 140 valence electrons. The van der Waals surface area contributed by atoms with Crippen molar-refractivity contribution in [2.24, 2.45) is 0 Å². The standard InChI is InChI=1S/C18H24N4O4/c1-4-15-20-16(26-21-15)10-19-18(23)22-9-8-12(11-22)13-6-5-7-14(24-2)17(13)25-3/h5-7,12H,4,8-11H2,1-3H3,(H,19,23). The first-order chi connectivity index (χ1) is 12.7. The Hall–Kier alpha value is -2.77. The van der Waals surface area contributed by atoms with Gasteiger partial charge in [0.1, 0.15) is 0 Å². The largest absolute Gasteiger partial charge is 0.493 e. The summed E-state index contributed by atoms with van der Waals surface area (Å²) >= 11 is 0. The first-order valence-corrected chi connectivity index (χ1v) is 8.71. The van der Waals surface area contributed by atoms with Crippen LogP contribution in [0.25, 0.3) is 0 Å². The maximum Gasteiger partial charge on any atom is 0.317 e. The van der Waals surface area contributed by atoms with Crippen LogP contribution in [0.1, 0.15) is 36.5 Å². The van der Waals surface area contributed by atoms with E-state index in [9.17, 15) is 4.79 Å². The van der Waals surface area contributed by atoms with Crippen LogP contribution in [0.2, 0.25) is 0 Å². The van der Waals surface area contributed by atoms with E-state index in [0.29, 0.717) is 37.0 Å². The maximum absolute atomic E-state index is 12.4. The molecule has 8 nitrogen and oxygen atoms in total. The molecule has 2 aromatic rings. The van der Waals surface area contributed by atoms with Crippen molar-refractivity contribution < 1.29 is 18.8 Å². The van der Waals surface area contributed by atoms with Crippen molar-refractivity contribution >= 4 is 6.03 Å². The van der Waals surface area contributed by atoms with E-state index in [0.717, 1.165) is 17.7 Å². The third-order valence-electron chi connectivity index (χ3n) is 4.57. The number of aromatic nitrogens is 2. The highest BCUT2D eigenvalue weighted by Gasteiger charge is 2.30. The second-order valence-electron chi connectivity index (χ2n) is 6.13. The number of urea groups is 1. The number of methoxy groups -OCH3 is 2. The summed E-state index contributed by atoms with van der Waals surface area (Å²) in [6.45, 7) is 3.49. The van der Waals surface area contributed by atoms with Gasteiger partial charge < -0.3 is 24.2 Å². The lowest BCUT2D eigenvalue weighted by Crippen LogP contribution is -2.38. The summed E-state index contributed by atoms with van der Waals surface area (Å²) in [4.78, 5) is 18.4. The highest BCUT2D eigenvalue weighted by Crippen LogP contribution is 2.39. The number of ether oxygens (including phenoxy) is 2. The molecule has 1 aromatic heterocycles. The van der Waals surface area contributed by atoms with Gasteiger partial charge in [-0.15, -0.1) is 0 Å². The Bertz CT molecular complexity index is 761. The lowest BCUT2D eigenvalue weighted by Gasteiger charge is -2.19. The van der Waals surface area contributed by atoms with E-state index in [1.165, 1.54) is 0 Å². The van der Waals surface area contributed by atoms with Crippen LogP contribution < -0.4 is 14.8 Å². The molecule has 8 heteroatoms. The van der Waals surface area contributed by atoms with E-state index in [4.69, 9.17) is 14.0 Å². The van der Waals surface area contributed by atoms with Gasteiger partial charge >= 0.3 is 6.03 Å². The average molecular weight is 360 g/mol. The Morgan fingerprint density at radius 1 is 1.38 bits per heavy atom. The van der Waals surface area contributed by atoms with Crippen LogP contribution in [-0.2, 0) is 13.0 Å². The fraction of sp³-hybridized carbons (Fsp3) is 0.500. The van der Waals surface area contributed by atoms with Gasteiger partial charge in [-0.25, -0.2) is 4.79 Å². The molecule has 1 aliphatic rings. The van der Waals surface area contributed by atoms with Gasteiger partial charge in [-0.1, -0.05) is 24.2 Å². The van der Waals surface area contributed by atoms with Crippen molar-refractivity contribution in [3.8, 4) is 11.5 Å². The van der Waals surface area contributed by atoms with Crippen molar-refractivity contribution in [2.45, 2.75) is 32.2 Å². The molecule has 26 heavy (non-hydrogen) atoms. The molecule has 1 unspecified atom stereocenters. The molecule has 3 rings (SSSR count). The van der Waals surface area contributed by atoms with Crippen molar-refractivity contribution in [1.29, 1.82) is 0 Å². The molecule has 0 radical (unpaired) electrons. The number of nitrogens with zero attached hydrogens (tertiary/aromatic N) is 3. The van der Waals surface area contributed by atoms with E-state index in [2.05, 4.69) is 15.5 Å². The fourth-order valence-corrected chi connectivity index (χ4v) is 3.20. The van der Waals surface area contributed by atoms with E-state index in [-0.39, 0.29) is 18.5 Å². The third-order valence-corrected chi connectivity index (χ3v) is 4.57. The minimum absolute atomic E-state index is 0.134. The van der Waals surface area contributed by atoms with Gasteiger partial charge in [-0.3, -0.25) is 0 Å². The highest BCUT2D eigenvalue weighted by atomic mass is 16.5. The fourth-order valence-electron chi connectivity index (χ4n) is 3.20. The van der Waals surface area contributed by atoms with Crippen LogP contribution in [-0.4, -0.2) is 48.4 Å². The van der Waals surface area contributed by atoms with Crippen LogP contribution in [0.3, 0.4) is 0 Å². The van der Waals surface area contributed by atoms with Crippen molar-refractivity contribution in [2.75, 3.05) is 27.3 Å². The SMILES string of the molecule is CCc1noc(CNC(=O)N2CCC(c3cccc(OC)c3OC)C2)n1. The summed E-state index contributed by atoms with van der Waals surface area (Å²) < 4.78 is 16.0. The molecule has 0 saturated carbocycles. The number of carbonyl (C=O) groups is 1. The smallest absolute Gasteiger partial charge is 0.317 e. The van der Waals surface area contributed by atoms with E-state index in [1.807, 2.05) is 25.1 Å². The third kappa shape index (κ3) is 3.74. The summed E-state index contributed by atoms with van der Waals surface area (Å²) in [5, 5.41) is 6.66. The lowest BCUT2D eigenvalue weighted by atomic mass is 9.97. The number of hydrogen-bond donors (Lipinski definition) is 1. The predicted octanol–water partition coefficient (Wildman–Crippen LogP) is 2.35. The summed E-state index contributed by atoms with van der Waals surface area (Å²) in [5.74, 6) is 2.71. The van der Waals surface area contributed by atoms with Gasteiger partial charge in [0.2, 0.25) is 5.89 Å². The molecule has 0 spiro atoms. The molecule has 1 atom stereocenters. The Morgan fingerprint density at radius 2 is 2.23 bits per heavy atom. The van der Waals surface area contributed by atoms with Gasteiger partial charge in [0.05, 0.1) is 20.8 Å². The van der Waals surface area contributed by atoms with E-state index in [1.54, 1.807) is 19.1 Å². The minimum atomic E-state index is -0.134. The van der Waals surface area contributed by atoms with Crippen LogP contribution >= 0.6 is 0 Å². The number of aryl methyl sites for hydroxylation is 1. The molecule has 2 amide bonds. The Balaban J connectivity index is 1.60. The van der Waals surface area contributed by atoms with Gasteiger partial charge in [0.25, 0.3) is 0 Å². The lowest BCUT2D eigenvalue weighted by molar-refractivity contribution is 0.206. The number of benzene rings is 1. The number of likely N-dealkylation sites (tertiary alicyclic amines) is 1. The van der Waals surface area contributed by atoms with Crippen molar-refractivity contribution in [3.05, 3.63) is 35.5 Å². The predicted molar refractivity (Wildman–Crippen MR) is 94.4 cm³/mol. The molecule has 1 fully saturated rings. The molecule has 1 saturated heterocycles. The number of nitrogens with one attached hydrogen (secondary N) is 1. The quantitative estimate of drug-likeness (QED) is 0.850. The van der Waals surface area contributed by atoms with Gasteiger partial charge in [0.15, 0.2) is 17.3 Å². The molecule has 1 aromatic carbocycles. The van der Waals surface area contributed by atoms with Gasteiger partial charge in [0, 0.05) is 31.0 Å². The van der Waals surface area contributed by atoms with E-state index >= 15 is 0 Å². The molecule has 0 bridgehead atoms. The number of amides is 2. The zero-order valence-electron chi connectivity index (χ0n) is 15.3. The number of carbonyl (C=O) groups excluding carboxylic acids is 1. The molecular weight excluding hydrogens is 336 g/mol. The zero-order valence-corrected chi connectivity index (χ0v) is 15.3. The second kappa shape index (κ2) is 8.07. The normalized spacial score (nSPS) is 16.6. The summed E-state index contributed by atoms with van der Waals surface area (Å²) in [6, 6.07) is 5.71. The Kier molecular flexibility index (Phi) is 5.60. The van der Waals surface area contributed by atoms with Gasteiger partial charge in [-0.2, -0.15) is 4.98 Å². The minimum Gasteiger partial charge on any atom is -0.493 e. The summed E-state index contributed by atoms with van der Waals surface area (Å²) in [5.41, 5.74) is 1.06. The average Bonchev–Trinajstić information content (AvgIpc) is 3.34. The topological polar surface area (TPSA) is 89.7 Å². The zero-order chi connectivity index (χ0) is 18.5. The first kappa shape index (κ1) is 18.0. The number of rotatable bonds is 6. The number of para-hydroxylation sites is 1. The van der Waals surface area contributed by atoms with Crippen molar-refractivity contribution in [1.82, 2.24) is 20.4 Å². The molecule has 2 heterocycles. The van der Waals surface area contributed by atoms with Crippen LogP contribution in [0, 0.1) is 0 Å². The van der Waals surface area contributed by atoms with Gasteiger partial charge in [-0.05, 0) is 12.5 Å². The highest BCUT2D eigenvalue weighted by molar-refractivity contribution is 5.74. The maximum atomic E-state index is 12.4. The van der Waals surface area contributed by atoms with Crippen molar-refractivity contribution in [3.63, 3.8) is 0 Å². The summed E-state index contributed by atoms with van der Waals surface area (Å²) in [7, 11) is 3.26. The first-order valence-electron chi connectivity index (χ1n) is 8.71. The molecule has 1 N–H and O–H groups in total. The van der Waals surface area contributed by atoms with Crippen LogP contribution in [0.4, 0.5) is 4.79 Å². The van der Waals surface area contributed by atoms with Crippen LogP contribution in [0.5, 0.6) is 11.5 Å². The molecular formula is C18H24N4O4. The number of hydrogen-bond acceptors (Lipinski definition) is 6.